The van der Waals surface area contributed by atoms with E-state index in [1.807, 2.05) is 20.8 Å². The number of nitrogens with one attached hydrogen (secondary N) is 1. The summed E-state index contributed by atoms with van der Waals surface area (Å²) in [5.41, 5.74) is -0.120. The third-order valence-corrected chi connectivity index (χ3v) is 1.65. The summed E-state index contributed by atoms with van der Waals surface area (Å²) in [4.78, 5) is 31.4. The predicted molar refractivity (Wildman–Crippen MR) is 80.6 cm³/mol. The standard InChI is InChI=1S/C8H10O4.C7H13NO/c1-3-12-8(11)6(2)4-5-7(9)10;1-5-6(9)8-7(2,3)4/h4-5H,2-3H2,1H3,(H,9,10);5H,1H2,2-4H3,(H,8,9). The largest absolute Gasteiger partial charge is 0.478 e. The summed E-state index contributed by atoms with van der Waals surface area (Å²) in [5, 5.41) is 10.9. The highest BCUT2D eigenvalue weighted by Gasteiger charge is 2.10. The van der Waals surface area contributed by atoms with Crippen molar-refractivity contribution in [2.75, 3.05) is 6.61 Å². The Morgan fingerprint density at radius 3 is 2.05 bits per heavy atom. The Balaban J connectivity index is 0. The highest BCUT2D eigenvalue weighted by molar-refractivity contribution is 5.93. The van der Waals surface area contributed by atoms with Gasteiger partial charge in [-0.05, 0) is 39.8 Å². The fourth-order valence-electron chi connectivity index (χ4n) is 0.884. The Kier molecular flexibility index (Phi) is 10.4. The van der Waals surface area contributed by atoms with E-state index in [0.29, 0.717) is 0 Å². The van der Waals surface area contributed by atoms with E-state index in [1.165, 1.54) is 6.08 Å². The van der Waals surface area contributed by atoms with Gasteiger partial charge in [-0.25, -0.2) is 9.59 Å². The van der Waals surface area contributed by atoms with Gasteiger partial charge in [-0.15, -0.1) is 0 Å². The van der Waals surface area contributed by atoms with Crippen molar-refractivity contribution in [1.29, 1.82) is 0 Å². The molecule has 0 bridgehead atoms. The Morgan fingerprint density at radius 2 is 1.76 bits per heavy atom. The second-order valence-corrected chi connectivity index (χ2v) is 4.86. The van der Waals surface area contributed by atoms with Gasteiger partial charge in [-0.1, -0.05) is 13.2 Å². The van der Waals surface area contributed by atoms with Gasteiger partial charge in [0.2, 0.25) is 5.91 Å². The predicted octanol–water partition coefficient (Wildman–Crippen LogP) is 1.83. The number of aliphatic carboxylic acids is 1. The summed E-state index contributed by atoms with van der Waals surface area (Å²) in [6.07, 6.45) is 3.20. The van der Waals surface area contributed by atoms with Gasteiger partial charge in [-0.2, -0.15) is 0 Å². The monoisotopic (exact) mass is 297 g/mol. The number of rotatable bonds is 5. The molecule has 0 spiro atoms. The van der Waals surface area contributed by atoms with E-state index in [9.17, 15) is 14.4 Å². The van der Waals surface area contributed by atoms with Crippen molar-refractivity contribution in [3.63, 3.8) is 0 Å². The average molecular weight is 297 g/mol. The van der Waals surface area contributed by atoms with Gasteiger partial charge in [0.1, 0.15) is 0 Å². The second kappa shape index (κ2) is 10.4. The molecule has 0 aliphatic heterocycles. The smallest absolute Gasteiger partial charge is 0.337 e. The van der Waals surface area contributed by atoms with Crippen LogP contribution in [0, 0.1) is 0 Å². The highest BCUT2D eigenvalue weighted by Crippen LogP contribution is 1.97. The average Bonchev–Trinajstić information content (AvgIpc) is 2.34. The normalized spacial score (nSPS) is 10.1. The van der Waals surface area contributed by atoms with Gasteiger partial charge >= 0.3 is 11.9 Å². The van der Waals surface area contributed by atoms with Crippen LogP contribution in [0.5, 0.6) is 0 Å². The second-order valence-electron chi connectivity index (χ2n) is 4.86. The zero-order chi connectivity index (χ0) is 17.1. The molecule has 0 saturated heterocycles. The molecule has 0 atom stereocenters. The topological polar surface area (TPSA) is 92.7 Å². The molecule has 0 radical (unpaired) electrons. The van der Waals surface area contributed by atoms with Crippen LogP contribution in [0.2, 0.25) is 0 Å². The Bertz CT molecular complexity index is 430. The third-order valence-electron chi connectivity index (χ3n) is 1.65. The molecular weight excluding hydrogens is 274 g/mol. The summed E-state index contributed by atoms with van der Waals surface area (Å²) in [5.74, 6) is -1.85. The van der Waals surface area contributed by atoms with Gasteiger partial charge in [0.15, 0.2) is 0 Å². The van der Waals surface area contributed by atoms with Crippen LogP contribution in [0.25, 0.3) is 0 Å². The first-order valence-electron chi connectivity index (χ1n) is 6.25. The molecule has 2 N–H and O–H groups in total. The SMILES string of the molecule is C=C(C=CC(=O)O)C(=O)OCC.C=CC(=O)NC(C)(C)C. The van der Waals surface area contributed by atoms with E-state index in [4.69, 9.17) is 5.11 Å². The lowest BCUT2D eigenvalue weighted by atomic mass is 10.1. The first-order valence-corrected chi connectivity index (χ1v) is 6.25. The number of hydrogen-bond acceptors (Lipinski definition) is 4. The lowest BCUT2D eigenvalue weighted by molar-refractivity contribution is -0.138. The van der Waals surface area contributed by atoms with Crippen LogP contribution < -0.4 is 5.32 Å². The van der Waals surface area contributed by atoms with Gasteiger partial charge in [0, 0.05) is 11.6 Å². The summed E-state index contributed by atoms with van der Waals surface area (Å²) in [7, 11) is 0. The lowest BCUT2D eigenvalue weighted by Crippen LogP contribution is -2.39. The number of amides is 1. The van der Waals surface area contributed by atoms with E-state index >= 15 is 0 Å². The van der Waals surface area contributed by atoms with Crippen molar-refractivity contribution in [2.24, 2.45) is 0 Å². The molecule has 0 aromatic carbocycles. The summed E-state index contributed by atoms with van der Waals surface area (Å²) in [6.45, 7) is 14.3. The number of ether oxygens (including phenoxy) is 1. The minimum absolute atomic E-state index is 0.0271. The molecule has 0 aromatic heterocycles. The van der Waals surface area contributed by atoms with Crippen molar-refractivity contribution in [3.8, 4) is 0 Å². The highest BCUT2D eigenvalue weighted by atomic mass is 16.5. The van der Waals surface area contributed by atoms with E-state index in [2.05, 4.69) is 23.2 Å². The van der Waals surface area contributed by atoms with Crippen molar-refractivity contribution >= 4 is 17.8 Å². The maximum Gasteiger partial charge on any atom is 0.337 e. The molecule has 0 aromatic rings. The molecule has 0 fully saturated rings. The summed E-state index contributed by atoms with van der Waals surface area (Å²) in [6, 6.07) is 0. The Labute approximate surface area is 125 Å². The van der Waals surface area contributed by atoms with Crippen LogP contribution in [-0.4, -0.2) is 35.1 Å². The first-order chi connectivity index (χ1) is 9.53. The maximum atomic E-state index is 10.8. The fraction of sp³-hybridized carbons (Fsp3) is 0.400. The van der Waals surface area contributed by atoms with Crippen molar-refractivity contribution in [3.05, 3.63) is 37.0 Å². The van der Waals surface area contributed by atoms with E-state index in [-0.39, 0.29) is 23.6 Å². The molecule has 1 amide bonds. The number of carboxylic acid groups (broad SMARTS) is 1. The zero-order valence-electron chi connectivity index (χ0n) is 12.9. The zero-order valence-corrected chi connectivity index (χ0v) is 12.9. The third kappa shape index (κ3) is 15.6. The van der Waals surface area contributed by atoms with Gasteiger partial charge in [0.25, 0.3) is 0 Å². The van der Waals surface area contributed by atoms with E-state index in [0.717, 1.165) is 12.2 Å². The van der Waals surface area contributed by atoms with Crippen LogP contribution in [0.15, 0.2) is 37.0 Å². The molecule has 6 nitrogen and oxygen atoms in total. The van der Waals surface area contributed by atoms with Gasteiger partial charge < -0.3 is 15.2 Å². The molecular formula is C15H23NO5. The van der Waals surface area contributed by atoms with Crippen molar-refractivity contribution in [1.82, 2.24) is 5.32 Å². The van der Waals surface area contributed by atoms with Crippen LogP contribution in [-0.2, 0) is 19.1 Å². The number of hydrogen-bond donors (Lipinski definition) is 2. The van der Waals surface area contributed by atoms with Crippen LogP contribution in [0.3, 0.4) is 0 Å². The molecule has 0 rings (SSSR count). The number of esters is 1. The lowest BCUT2D eigenvalue weighted by Gasteiger charge is -2.18. The first kappa shape index (κ1) is 20.9. The van der Waals surface area contributed by atoms with Gasteiger partial charge in [0.05, 0.1) is 12.2 Å². The minimum atomic E-state index is -1.12. The summed E-state index contributed by atoms with van der Waals surface area (Å²) >= 11 is 0. The Hall–Kier alpha value is -2.37. The minimum Gasteiger partial charge on any atom is -0.478 e. The molecule has 0 saturated carbocycles. The Morgan fingerprint density at radius 1 is 1.24 bits per heavy atom. The fourth-order valence-corrected chi connectivity index (χ4v) is 0.884. The van der Waals surface area contributed by atoms with E-state index < -0.39 is 11.9 Å². The maximum absolute atomic E-state index is 10.8. The number of carbonyl (C=O) groups excluding carboxylic acids is 2. The number of carboxylic acids is 1. The molecule has 118 valence electrons. The van der Waals surface area contributed by atoms with E-state index in [1.54, 1.807) is 6.92 Å². The molecule has 0 unspecified atom stereocenters. The quantitative estimate of drug-likeness (QED) is 0.459. The van der Waals surface area contributed by atoms with Gasteiger partial charge in [-0.3, -0.25) is 4.79 Å². The molecule has 21 heavy (non-hydrogen) atoms. The number of carbonyl (C=O) groups is 3. The van der Waals surface area contributed by atoms with Crippen molar-refractivity contribution in [2.45, 2.75) is 33.2 Å². The van der Waals surface area contributed by atoms with Crippen LogP contribution in [0.4, 0.5) is 0 Å². The van der Waals surface area contributed by atoms with Crippen molar-refractivity contribution < 1.29 is 24.2 Å². The molecule has 6 heteroatoms. The summed E-state index contributed by atoms with van der Waals surface area (Å²) < 4.78 is 4.55. The molecule has 0 aliphatic carbocycles. The van der Waals surface area contributed by atoms with Crippen LogP contribution in [0.1, 0.15) is 27.7 Å². The molecule has 0 heterocycles. The molecule has 0 aliphatic rings. The van der Waals surface area contributed by atoms with Crippen LogP contribution >= 0.6 is 0 Å².